The van der Waals surface area contributed by atoms with Crippen molar-refractivity contribution < 1.29 is 9.59 Å². The molecule has 0 saturated carbocycles. The van der Waals surface area contributed by atoms with Gasteiger partial charge < -0.3 is 11.5 Å². The van der Waals surface area contributed by atoms with E-state index in [1.165, 1.54) is 0 Å². The number of carbonyl (C=O) groups excluding carboxylic acids is 2. The summed E-state index contributed by atoms with van der Waals surface area (Å²) >= 11 is 0. The molecule has 0 bridgehead atoms. The van der Waals surface area contributed by atoms with Crippen molar-refractivity contribution in [1.82, 2.24) is 0 Å². The first kappa shape index (κ1) is 17.6. The summed E-state index contributed by atoms with van der Waals surface area (Å²) in [5.41, 5.74) is 10.5. The molecule has 0 aromatic carbocycles. The highest BCUT2D eigenvalue weighted by Gasteiger charge is 2.17. The largest absolute Gasteiger partial charge is 0.370 e. The van der Waals surface area contributed by atoms with E-state index in [0.29, 0.717) is 12.8 Å². The van der Waals surface area contributed by atoms with E-state index in [9.17, 15) is 9.59 Å². The lowest BCUT2D eigenvalue weighted by molar-refractivity contribution is -0.118. The smallest absolute Gasteiger partial charge is 0.218 e. The molecule has 0 aliphatic carbocycles. The molecule has 4 N–H and O–H groups in total. The summed E-state index contributed by atoms with van der Waals surface area (Å²) in [5.74, 6) is -0.521. The lowest BCUT2D eigenvalue weighted by atomic mass is 10.2. The average Bonchev–Trinajstić information content (AvgIpc) is 2.24. The van der Waals surface area contributed by atoms with E-state index >= 15 is 0 Å². The topological polar surface area (TPSA) is 86.2 Å². The van der Waals surface area contributed by atoms with Crippen molar-refractivity contribution in [2.75, 3.05) is 0 Å². The van der Waals surface area contributed by atoms with Crippen molar-refractivity contribution in [2.45, 2.75) is 62.9 Å². The van der Waals surface area contributed by atoms with E-state index in [-0.39, 0.29) is 22.3 Å². The number of rotatable bonds is 11. The molecule has 2 atom stereocenters. The SMILES string of the molecule is CCCC(CC(N)=O)SSC(CCC)CC(N)=O. The Balaban J connectivity index is 4.16. The van der Waals surface area contributed by atoms with Gasteiger partial charge in [-0.1, -0.05) is 48.3 Å². The predicted molar refractivity (Wildman–Crippen MR) is 80.2 cm³/mol. The van der Waals surface area contributed by atoms with Crippen LogP contribution in [0.25, 0.3) is 0 Å². The number of primary amides is 2. The van der Waals surface area contributed by atoms with Crippen LogP contribution in [0.2, 0.25) is 0 Å². The number of hydrogen-bond donors (Lipinski definition) is 2. The summed E-state index contributed by atoms with van der Waals surface area (Å²) in [5, 5.41) is 0.481. The van der Waals surface area contributed by atoms with Crippen molar-refractivity contribution in [2.24, 2.45) is 11.5 Å². The predicted octanol–water partition coefficient (Wildman–Crippen LogP) is 2.46. The van der Waals surface area contributed by atoms with E-state index in [4.69, 9.17) is 11.5 Å². The van der Waals surface area contributed by atoms with Gasteiger partial charge in [0.25, 0.3) is 0 Å². The lowest BCUT2D eigenvalue weighted by Crippen LogP contribution is -2.19. The van der Waals surface area contributed by atoms with Gasteiger partial charge in [-0.25, -0.2) is 0 Å². The fourth-order valence-corrected chi connectivity index (χ4v) is 4.99. The Bertz CT molecular complexity index is 236. The van der Waals surface area contributed by atoms with Gasteiger partial charge in [-0.15, -0.1) is 0 Å². The molecule has 2 unspecified atom stereocenters. The Hall–Kier alpha value is -0.360. The molecule has 0 aromatic heterocycles. The summed E-state index contributed by atoms with van der Waals surface area (Å²) < 4.78 is 0. The van der Waals surface area contributed by atoms with Crippen molar-refractivity contribution in [3.8, 4) is 0 Å². The Labute approximate surface area is 117 Å². The summed E-state index contributed by atoms with van der Waals surface area (Å²) in [6, 6.07) is 0. The Morgan fingerprint density at radius 2 is 1.22 bits per heavy atom. The summed E-state index contributed by atoms with van der Waals surface area (Å²) in [4.78, 5) is 21.9. The highest BCUT2D eigenvalue weighted by molar-refractivity contribution is 8.77. The van der Waals surface area contributed by atoms with Gasteiger partial charge in [-0.05, 0) is 12.8 Å². The van der Waals surface area contributed by atoms with E-state index in [2.05, 4.69) is 13.8 Å². The van der Waals surface area contributed by atoms with Crippen LogP contribution >= 0.6 is 21.6 Å². The van der Waals surface area contributed by atoms with Crippen LogP contribution in [0.3, 0.4) is 0 Å². The van der Waals surface area contributed by atoms with E-state index < -0.39 is 0 Å². The molecule has 0 rings (SSSR count). The van der Waals surface area contributed by atoms with E-state index in [1.807, 2.05) is 0 Å². The zero-order valence-electron chi connectivity index (χ0n) is 11.2. The summed E-state index contributed by atoms with van der Waals surface area (Å²) in [7, 11) is 3.35. The first-order valence-corrected chi connectivity index (χ1v) is 8.65. The molecule has 4 nitrogen and oxygen atoms in total. The molecular formula is C12H24N2O2S2. The molecule has 18 heavy (non-hydrogen) atoms. The van der Waals surface area contributed by atoms with Gasteiger partial charge in [0.2, 0.25) is 11.8 Å². The monoisotopic (exact) mass is 292 g/mol. The Morgan fingerprint density at radius 3 is 1.44 bits per heavy atom. The van der Waals surface area contributed by atoms with Gasteiger partial charge in [0.1, 0.15) is 0 Å². The van der Waals surface area contributed by atoms with Crippen molar-refractivity contribution in [1.29, 1.82) is 0 Å². The van der Waals surface area contributed by atoms with Crippen LogP contribution in [-0.2, 0) is 9.59 Å². The number of amides is 2. The van der Waals surface area contributed by atoms with Crippen LogP contribution in [0.5, 0.6) is 0 Å². The van der Waals surface area contributed by atoms with Crippen LogP contribution in [-0.4, -0.2) is 22.3 Å². The zero-order valence-corrected chi connectivity index (χ0v) is 12.8. The lowest BCUT2D eigenvalue weighted by Gasteiger charge is -2.18. The maximum atomic E-state index is 11.0. The maximum absolute atomic E-state index is 11.0. The number of hydrogen-bond acceptors (Lipinski definition) is 4. The van der Waals surface area contributed by atoms with Crippen molar-refractivity contribution in [3.63, 3.8) is 0 Å². The Kier molecular flexibility index (Phi) is 10.3. The third-order valence-corrected chi connectivity index (χ3v) is 5.83. The number of carbonyl (C=O) groups is 2. The average molecular weight is 292 g/mol. The highest BCUT2D eigenvalue weighted by atomic mass is 33.1. The molecule has 106 valence electrons. The van der Waals surface area contributed by atoms with Crippen LogP contribution in [0.15, 0.2) is 0 Å². The first-order chi connectivity index (χ1) is 8.49. The molecule has 0 aromatic rings. The van der Waals surface area contributed by atoms with Crippen LogP contribution in [0, 0.1) is 0 Å². The second kappa shape index (κ2) is 10.6. The normalized spacial score (nSPS) is 14.1. The first-order valence-electron chi connectivity index (χ1n) is 6.38. The molecule has 2 amide bonds. The van der Waals surface area contributed by atoms with Gasteiger partial charge in [0.15, 0.2) is 0 Å². The minimum Gasteiger partial charge on any atom is -0.370 e. The third kappa shape index (κ3) is 9.65. The third-order valence-electron chi connectivity index (χ3n) is 2.41. The fraction of sp³-hybridized carbons (Fsp3) is 0.833. The molecule has 6 heteroatoms. The van der Waals surface area contributed by atoms with E-state index in [1.54, 1.807) is 21.6 Å². The minimum atomic E-state index is -0.261. The van der Waals surface area contributed by atoms with E-state index in [0.717, 1.165) is 25.7 Å². The van der Waals surface area contributed by atoms with Crippen molar-refractivity contribution in [3.05, 3.63) is 0 Å². The van der Waals surface area contributed by atoms with Crippen molar-refractivity contribution >= 4 is 33.4 Å². The molecule has 0 saturated heterocycles. The quantitative estimate of drug-likeness (QED) is 0.573. The van der Waals surface area contributed by atoms with Gasteiger partial charge in [-0.3, -0.25) is 9.59 Å². The molecule has 0 aliphatic heterocycles. The van der Waals surface area contributed by atoms with Crippen LogP contribution in [0.1, 0.15) is 52.4 Å². The Morgan fingerprint density at radius 1 is 0.889 bits per heavy atom. The van der Waals surface area contributed by atoms with Gasteiger partial charge in [-0.2, -0.15) is 0 Å². The van der Waals surface area contributed by atoms with Crippen LogP contribution < -0.4 is 11.5 Å². The molecule has 0 fully saturated rings. The molecular weight excluding hydrogens is 268 g/mol. The second-order valence-electron chi connectivity index (χ2n) is 4.35. The van der Waals surface area contributed by atoms with Gasteiger partial charge in [0.05, 0.1) is 0 Å². The molecule has 0 heterocycles. The maximum Gasteiger partial charge on any atom is 0.218 e. The zero-order chi connectivity index (χ0) is 14.0. The molecule has 0 spiro atoms. The number of nitrogens with two attached hydrogens (primary N) is 2. The summed E-state index contributed by atoms with van der Waals surface area (Å²) in [6.07, 6.45) is 4.80. The van der Waals surface area contributed by atoms with Crippen LogP contribution in [0.4, 0.5) is 0 Å². The standard InChI is InChI=1S/C12H24N2O2S2/c1-3-5-9(7-11(13)15)17-18-10(6-4-2)8-12(14)16/h9-10H,3-8H2,1-2H3,(H2,13,15)(H2,14,16). The minimum absolute atomic E-state index is 0.240. The second-order valence-corrected chi connectivity index (χ2v) is 7.23. The van der Waals surface area contributed by atoms with Gasteiger partial charge in [0, 0.05) is 23.3 Å². The molecule has 0 aliphatic rings. The highest BCUT2D eigenvalue weighted by Crippen LogP contribution is 2.37. The summed E-state index contributed by atoms with van der Waals surface area (Å²) in [6.45, 7) is 4.18. The fourth-order valence-electron chi connectivity index (χ4n) is 1.62. The molecule has 0 radical (unpaired) electrons. The van der Waals surface area contributed by atoms with Gasteiger partial charge >= 0.3 is 0 Å².